The molecule has 0 bridgehead atoms. The zero-order valence-electron chi connectivity index (χ0n) is 9.99. The fraction of sp³-hybridized carbons (Fsp3) is 0.909. The molecule has 0 aromatic rings. The zero-order chi connectivity index (χ0) is 11.8. The van der Waals surface area contributed by atoms with E-state index in [0.29, 0.717) is 18.9 Å². The first-order valence-corrected chi connectivity index (χ1v) is 5.59. The minimum atomic E-state index is -0.171. The van der Waals surface area contributed by atoms with Crippen molar-refractivity contribution in [3.8, 4) is 0 Å². The molecule has 0 heterocycles. The molecule has 90 valence electrons. The molecule has 2 atom stereocenters. The van der Waals surface area contributed by atoms with Crippen LogP contribution in [0.25, 0.3) is 0 Å². The highest BCUT2D eigenvalue weighted by Crippen LogP contribution is 2.13. The highest BCUT2D eigenvalue weighted by atomic mass is 16.3. The van der Waals surface area contributed by atoms with E-state index >= 15 is 0 Å². The third-order valence-electron chi connectivity index (χ3n) is 2.29. The summed E-state index contributed by atoms with van der Waals surface area (Å²) in [5, 5.41) is 11.5. The average Bonchev–Trinajstić information content (AvgIpc) is 2.15. The predicted octanol–water partition coefficient (Wildman–Crippen LogP) is 0.495. The van der Waals surface area contributed by atoms with Crippen molar-refractivity contribution in [2.75, 3.05) is 13.2 Å². The van der Waals surface area contributed by atoms with E-state index in [1.54, 1.807) is 6.92 Å². The van der Waals surface area contributed by atoms with Gasteiger partial charge in [-0.25, -0.2) is 0 Å². The first-order chi connectivity index (χ1) is 6.99. The molecule has 0 spiro atoms. The summed E-state index contributed by atoms with van der Waals surface area (Å²) < 4.78 is 0. The summed E-state index contributed by atoms with van der Waals surface area (Å²) in [6.45, 7) is 6.54. The van der Waals surface area contributed by atoms with E-state index in [0.717, 1.165) is 6.42 Å². The second-order valence-corrected chi connectivity index (χ2v) is 4.59. The van der Waals surface area contributed by atoms with Crippen LogP contribution in [0.3, 0.4) is 0 Å². The van der Waals surface area contributed by atoms with Gasteiger partial charge in [0.05, 0.1) is 6.61 Å². The second-order valence-electron chi connectivity index (χ2n) is 4.59. The van der Waals surface area contributed by atoms with Crippen molar-refractivity contribution in [2.45, 2.75) is 39.7 Å². The molecule has 0 aromatic carbocycles. The standard InChI is InChI=1S/C11H24N2O2/c1-8(2)4-10(6-12)5-11(15)13-9(3)7-14/h8-10,14H,4-7,12H2,1-3H3,(H,13,15)/t9-,10+/m1/s1. The number of carbonyl (C=O) groups is 1. The fourth-order valence-corrected chi connectivity index (χ4v) is 1.57. The van der Waals surface area contributed by atoms with Gasteiger partial charge >= 0.3 is 0 Å². The molecule has 0 aliphatic heterocycles. The van der Waals surface area contributed by atoms with Crippen LogP contribution in [0.15, 0.2) is 0 Å². The van der Waals surface area contributed by atoms with Crippen molar-refractivity contribution in [3.05, 3.63) is 0 Å². The third-order valence-corrected chi connectivity index (χ3v) is 2.29. The summed E-state index contributed by atoms with van der Waals surface area (Å²) in [6, 6.07) is -0.171. The Labute approximate surface area is 92.2 Å². The molecule has 0 fully saturated rings. The molecule has 1 amide bonds. The van der Waals surface area contributed by atoms with Crippen LogP contribution in [0, 0.1) is 11.8 Å². The summed E-state index contributed by atoms with van der Waals surface area (Å²) in [5.41, 5.74) is 5.60. The maximum Gasteiger partial charge on any atom is 0.220 e. The van der Waals surface area contributed by atoms with Gasteiger partial charge in [-0.05, 0) is 31.7 Å². The predicted molar refractivity (Wildman–Crippen MR) is 61.3 cm³/mol. The maximum atomic E-state index is 11.5. The lowest BCUT2D eigenvalue weighted by Crippen LogP contribution is -2.37. The number of aliphatic hydroxyl groups is 1. The summed E-state index contributed by atoms with van der Waals surface area (Å²) in [7, 11) is 0. The molecule has 0 unspecified atom stereocenters. The Morgan fingerprint density at radius 1 is 1.40 bits per heavy atom. The van der Waals surface area contributed by atoms with Gasteiger partial charge in [0, 0.05) is 12.5 Å². The lowest BCUT2D eigenvalue weighted by Gasteiger charge is -2.18. The number of carbonyl (C=O) groups excluding carboxylic acids is 1. The van der Waals surface area contributed by atoms with E-state index < -0.39 is 0 Å². The number of rotatable bonds is 7. The largest absolute Gasteiger partial charge is 0.394 e. The minimum absolute atomic E-state index is 0.0207. The van der Waals surface area contributed by atoms with Gasteiger partial charge in [0.25, 0.3) is 0 Å². The van der Waals surface area contributed by atoms with Gasteiger partial charge in [0.1, 0.15) is 0 Å². The van der Waals surface area contributed by atoms with Crippen LogP contribution in [-0.2, 0) is 4.79 Å². The van der Waals surface area contributed by atoms with Gasteiger partial charge in [-0.1, -0.05) is 13.8 Å². The summed E-state index contributed by atoms with van der Waals surface area (Å²) in [6.07, 6.45) is 1.43. The number of aliphatic hydroxyl groups excluding tert-OH is 1. The van der Waals surface area contributed by atoms with Gasteiger partial charge < -0.3 is 16.2 Å². The number of hydrogen-bond donors (Lipinski definition) is 3. The highest BCUT2D eigenvalue weighted by molar-refractivity contribution is 5.76. The smallest absolute Gasteiger partial charge is 0.220 e. The third kappa shape index (κ3) is 7.33. The molecule has 15 heavy (non-hydrogen) atoms. The monoisotopic (exact) mass is 216 g/mol. The molecule has 0 saturated heterocycles. The van der Waals surface area contributed by atoms with Crippen molar-refractivity contribution in [1.82, 2.24) is 5.32 Å². The van der Waals surface area contributed by atoms with Crippen molar-refractivity contribution in [1.29, 1.82) is 0 Å². The van der Waals surface area contributed by atoms with Crippen molar-refractivity contribution in [3.63, 3.8) is 0 Å². The molecule has 0 radical (unpaired) electrons. The van der Waals surface area contributed by atoms with Crippen LogP contribution in [-0.4, -0.2) is 30.2 Å². The highest BCUT2D eigenvalue weighted by Gasteiger charge is 2.15. The van der Waals surface area contributed by atoms with Gasteiger partial charge in [0.2, 0.25) is 5.91 Å². The molecule has 0 aromatic heterocycles. The van der Waals surface area contributed by atoms with E-state index in [9.17, 15) is 4.79 Å². The summed E-state index contributed by atoms with van der Waals surface area (Å²) in [4.78, 5) is 11.5. The van der Waals surface area contributed by atoms with E-state index in [4.69, 9.17) is 10.8 Å². The molecule has 0 aliphatic rings. The van der Waals surface area contributed by atoms with Crippen molar-refractivity contribution >= 4 is 5.91 Å². The lowest BCUT2D eigenvalue weighted by molar-refractivity contribution is -0.122. The Balaban J connectivity index is 3.90. The van der Waals surface area contributed by atoms with Gasteiger partial charge in [-0.3, -0.25) is 4.79 Å². The number of nitrogens with one attached hydrogen (secondary N) is 1. The Hall–Kier alpha value is -0.610. The van der Waals surface area contributed by atoms with Crippen molar-refractivity contribution in [2.24, 2.45) is 17.6 Å². The molecule has 0 aliphatic carbocycles. The molecule has 4 nitrogen and oxygen atoms in total. The van der Waals surface area contributed by atoms with Crippen LogP contribution in [0.2, 0.25) is 0 Å². The van der Waals surface area contributed by atoms with Crippen LogP contribution in [0.5, 0.6) is 0 Å². The van der Waals surface area contributed by atoms with Gasteiger partial charge in [-0.15, -0.1) is 0 Å². The Morgan fingerprint density at radius 3 is 2.40 bits per heavy atom. The zero-order valence-corrected chi connectivity index (χ0v) is 9.99. The van der Waals surface area contributed by atoms with Crippen LogP contribution >= 0.6 is 0 Å². The normalized spacial score (nSPS) is 15.1. The van der Waals surface area contributed by atoms with Crippen LogP contribution in [0.4, 0.5) is 0 Å². The van der Waals surface area contributed by atoms with Crippen LogP contribution < -0.4 is 11.1 Å². The SMILES string of the molecule is CC(C)C[C@H](CN)CC(=O)N[C@H](C)CO. The fourth-order valence-electron chi connectivity index (χ4n) is 1.57. The molecule has 4 heteroatoms. The topological polar surface area (TPSA) is 75.4 Å². The Morgan fingerprint density at radius 2 is 2.00 bits per heavy atom. The molecule has 0 rings (SSSR count). The van der Waals surface area contributed by atoms with Crippen molar-refractivity contribution < 1.29 is 9.90 Å². The van der Waals surface area contributed by atoms with E-state index in [1.165, 1.54) is 0 Å². The van der Waals surface area contributed by atoms with Gasteiger partial charge in [-0.2, -0.15) is 0 Å². The average molecular weight is 216 g/mol. The molecular formula is C11H24N2O2. The first kappa shape index (κ1) is 14.4. The molecule has 0 saturated carbocycles. The minimum Gasteiger partial charge on any atom is -0.394 e. The van der Waals surface area contributed by atoms with Crippen LogP contribution in [0.1, 0.15) is 33.6 Å². The quantitative estimate of drug-likeness (QED) is 0.580. The second kappa shape index (κ2) is 7.65. The molecule has 4 N–H and O–H groups in total. The first-order valence-electron chi connectivity index (χ1n) is 5.59. The Bertz CT molecular complexity index is 183. The number of hydrogen-bond acceptors (Lipinski definition) is 3. The summed E-state index contributed by atoms with van der Waals surface area (Å²) in [5.74, 6) is 0.783. The number of amides is 1. The van der Waals surface area contributed by atoms with Gasteiger partial charge in [0.15, 0.2) is 0 Å². The molecular weight excluding hydrogens is 192 g/mol. The van der Waals surface area contributed by atoms with E-state index in [-0.39, 0.29) is 24.5 Å². The lowest BCUT2D eigenvalue weighted by atomic mass is 9.94. The maximum absolute atomic E-state index is 11.5. The van der Waals surface area contributed by atoms with E-state index in [1.807, 2.05) is 0 Å². The number of nitrogens with two attached hydrogens (primary N) is 1. The van der Waals surface area contributed by atoms with E-state index in [2.05, 4.69) is 19.2 Å². The Kier molecular flexibility index (Phi) is 7.34. The summed E-state index contributed by atoms with van der Waals surface area (Å²) >= 11 is 0.